The van der Waals surface area contributed by atoms with Crippen LogP contribution in [0, 0.1) is 0 Å². The number of ether oxygens (including phenoxy) is 1. The van der Waals surface area contributed by atoms with E-state index in [1.807, 2.05) is 20.8 Å². The fourth-order valence-electron chi connectivity index (χ4n) is 1.98. The van der Waals surface area contributed by atoms with Crippen molar-refractivity contribution >= 4 is 17.8 Å². The summed E-state index contributed by atoms with van der Waals surface area (Å²) >= 11 is 0. The van der Waals surface area contributed by atoms with Gasteiger partial charge in [0, 0.05) is 18.2 Å². The Morgan fingerprint density at radius 2 is 1.96 bits per heavy atom. The number of nitrogens with two attached hydrogens (primary N) is 1. The second-order valence-electron chi connectivity index (χ2n) is 6.36. The second kappa shape index (κ2) is 7.16. The molecule has 0 atom stereocenters. The van der Waals surface area contributed by atoms with Gasteiger partial charge >= 0.3 is 6.09 Å². The molecular formula is C17H21N5O3. The van der Waals surface area contributed by atoms with Crippen LogP contribution in [0.15, 0.2) is 30.5 Å². The van der Waals surface area contributed by atoms with Gasteiger partial charge < -0.3 is 21.1 Å². The Hall–Kier alpha value is -3.16. The molecule has 0 fully saturated rings. The lowest BCUT2D eigenvalue weighted by Gasteiger charge is -2.19. The van der Waals surface area contributed by atoms with Crippen molar-refractivity contribution in [1.29, 1.82) is 0 Å². The molecule has 0 unspecified atom stereocenters. The highest BCUT2D eigenvalue weighted by molar-refractivity contribution is 5.96. The molecule has 1 heterocycles. The molecule has 0 aliphatic carbocycles. The van der Waals surface area contributed by atoms with Crippen LogP contribution in [0.1, 0.15) is 31.3 Å². The van der Waals surface area contributed by atoms with Gasteiger partial charge in [0.1, 0.15) is 5.75 Å². The number of hydrogen-bond donors (Lipinski definition) is 3. The monoisotopic (exact) mass is 343 g/mol. The third-order valence-electron chi connectivity index (χ3n) is 3.06. The lowest BCUT2D eigenvalue weighted by Crippen LogP contribution is -2.42. The topological polar surface area (TPSA) is 119 Å². The van der Waals surface area contributed by atoms with Gasteiger partial charge in [-0.2, -0.15) is 0 Å². The van der Waals surface area contributed by atoms with Crippen LogP contribution in [-0.2, 0) is 0 Å². The quantitative estimate of drug-likeness (QED) is 0.784. The van der Waals surface area contributed by atoms with Gasteiger partial charge in [0.15, 0.2) is 11.5 Å². The largest absolute Gasteiger partial charge is 0.413 e. The lowest BCUT2D eigenvalue weighted by atomic mass is 10.1. The number of hydrogen-bond acceptors (Lipinski definition) is 6. The zero-order valence-corrected chi connectivity index (χ0v) is 14.6. The van der Waals surface area contributed by atoms with Crippen molar-refractivity contribution in [3.05, 3.63) is 36.2 Å². The summed E-state index contributed by atoms with van der Waals surface area (Å²) < 4.78 is 5.27. The molecule has 0 spiro atoms. The summed E-state index contributed by atoms with van der Waals surface area (Å²) in [6, 6.07) is 6.77. The van der Waals surface area contributed by atoms with Gasteiger partial charge in [-0.1, -0.05) is 12.1 Å². The molecule has 1 aromatic carbocycles. The minimum absolute atomic E-state index is 0.0387. The molecule has 2 rings (SSSR count). The SMILES string of the molecule is CNC(=O)c1nc(-c2cccc(OC(=O)NC(C)(C)C)c2)cnc1N. The average molecular weight is 343 g/mol. The molecule has 8 nitrogen and oxygen atoms in total. The molecule has 2 amide bonds. The maximum absolute atomic E-state index is 11.9. The number of rotatable bonds is 3. The van der Waals surface area contributed by atoms with Crippen LogP contribution in [0.4, 0.5) is 10.6 Å². The van der Waals surface area contributed by atoms with Crippen molar-refractivity contribution < 1.29 is 14.3 Å². The van der Waals surface area contributed by atoms with E-state index in [0.717, 1.165) is 0 Å². The number of nitrogen functional groups attached to an aromatic ring is 1. The minimum atomic E-state index is -0.556. The molecule has 0 aliphatic rings. The van der Waals surface area contributed by atoms with Crippen LogP contribution in [0.5, 0.6) is 5.75 Å². The van der Waals surface area contributed by atoms with E-state index in [4.69, 9.17) is 10.5 Å². The fourth-order valence-corrected chi connectivity index (χ4v) is 1.98. The molecule has 4 N–H and O–H groups in total. The standard InChI is InChI=1S/C17H21N5O3/c1-17(2,3)22-16(24)25-11-7-5-6-10(8-11)12-9-20-14(18)13(21-12)15(23)19-4/h5-9H,1-4H3,(H2,18,20)(H,19,23)(H,22,24). The number of benzene rings is 1. The Morgan fingerprint density at radius 3 is 2.60 bits per heavy atom. The van der Waals surface area contributed by atoms with Crippen molar-refractivity contribution in [2.75, 3.05) is 12.8 Å². The Kier molecular flexibility index (Phi) is 5.21. The highest BCUT2D eigenvalue weighted by Gasteiger charge is 2.16. The summed E-state index contributed by atoms with van der Waals surface area (Å²) in [5, 5.41) is 5.17. The summed E-state index contributed by atoms with van der Waals surface area (Å²) in [5.41, 5.74) is 6.40. The molecule has 0 aliphatic heterocycles. The summed E-state index contributed by atoms with van der Waals surface area (Å²) in [6.07, 6.45) is 0.898. The van der Waals surface area contributed by atoms with Gasteiger partial charge in [0.25, 0.3) is 5.91 Å². The van der Waals surface area contributed by atoms with Crippen molar-refractivity contribution in [3.8, 4) is 17.0 Å². The second-order valence-corrected chi connectivity index (χ2v) is 6.36. The molecule has 8 heteroatoms. The average Bonchev–Trinajstić information content (AvgIpc) is 2.53. The van der Waals surface area contributed by atoms with Gasteiger partial charge in [-0.25, -0.2) is 14.8 Å². The summed E-state index contributed by atoms with van der Waals surface area (Å²) in [7, 11) is 1.48. The highest BCUT2D eigenvalue weighted by atomic mass is 16.6. The Labute approximate surface area is 145 Å². The van der Waals surface area contributed by atoms with E-state index in [1.165, 1.54) is 13.2 Å². The van der Waals surface area contributed by atoms with E-state index < -0.39 is 17.5 Å². The molecule has 0 saturated heterocycles. The number of carbonyl (C=O) groups is 2. The predicted molar refractivity (Wildman–Crippen MR) is 94.2 cm³/mol. The molecule has 25 heavy (non-hydrogen) atoms. The number of carbonyl (C=O) groups excluding carboxylic acids is 2. The first-order valence-electron chi connectivity index (χ1n) is 7.64. The summed E-state index contributed by atoms with van der Waals surface area (Å²) in [5.74, 6) is -0.0387. The number of nitrogens with zero attached hydrogens (tertiary/aromatic N) is 2. The van der Waals surface area contributed by atoms with E-state index in [9.17, 15) is 9.59 Å². The van der Waals surface area contributed by atoms with Crippen LogP contribution in [0.25, 0.3) is 11.3 Å². The number of nitrogens with one attached hydrogen (secondary N) is 2. The van der Waals surface area contributed by atoms with Crippen molar-refractivity contribution in [2.45, 2.75) is 26.3 Å². The van der Waals surface area contributed by atoms with E-state index in [-0.39, 0.29) is 11.5 Å². The third-order valence-corrected chi connectivity index (χ3v) is 3.06. The molecule has 0 radical (unpaired) electrons. The lowest BCUT2D eigenvalue weighted by molar-refractivity contribution is 0.0959. The van der Waals surface area contributed by atoms with E-state index in [0.29, 0.717) is 17.0 Å². The molecule has 1 aromatic heterocycles. The fraction of sp³-hybridized carbons (Fsp3) is 0.294. The highest BCUT2D eigenvalue weighted by Crippen LogP contribution is 2.23. The molecule has 0 saturated carbocycles. The van der Waals surface area contributed by atoms with Crippen LogP contribution < -0.4 is 21.1 Å². The number of amides is 2. The molecule has 2 aromatic rings. The smallest absolute Gasteiger partial charge is 0.410 e. The maximum atomic E-state index is 11.9. The Bertz CT molecular complexity index is 799. The van der Waals surface area contributed by atoms with Crippen LogP contribution >= 0.6 is 0 Å². The van der Waals surface area contributed by atoms with E-state index >= 15 is 0 Å². The summed E-state index contributed by atoms with van der Waals surface area (Å²) in [6.45, 7) is 5.57. The Morgan fingerprint density at radius 1 is 1.24 bits per heavy atom. The van der Waals surface area contributed by atoms with E-state index in [2.05, 4.69) is 20.6 Å². The van der Waals surface area contributed by atoms with Gasteiger partial charge in [-0.3, -0.25) is 4.79 Å². The predicted octanol–water partition coefficient (Wildman–Crippen LogP) is 1.97. The number of aromatic nitrogens is 2. The first-order valence-corrected chi connectivity index (χ1v) is 7.64. The van der Waals surface area contributed by atoms with Gasteiger partial charge in [0.05, 0.1) is 11.9 Å². The van der Waals surface area contributed by atoms with Crippen LogP contribution in [-0.4, -0.2) is 34.6 Å². The Balaban J connectivity index is 2.27. The van der Waals surface area contributed by atoms with Crippen LogP contribution in [0.3, 0.4) is 0 Å². The molecule has 0 bridgehead atoms. The zero-order valence-electron chi connectivity index (χ0n) is 14.6. The first-order chi connectivity index (χ1) is 11.7. The maximum Gasteiger partial charge on any atom is 0.413 e. The minimum Gasteiger partial charge on any atom is -0.410 e. The van der Waals surface area contributed by atoms with E-state index in [1.54, 1.807) is 24.3 Å². The summed E-state index contributed by atoms with van der Waals surface area (Å²) in [4.78, 5) is 31.9. The van der Waals surface area contributed by atoms with Crippen molar-refractivity contribution in [1.82, 2.24) is 20.6 Å². The first kappa shape index (κ1) is 18.2. The van der Waals surface area contributed by atoms with Crippen molar-refractivity contribution in [2.24, 2.45) is 0 Å². The normalized spacial score (nSPS) is 10.9. The third kappa shape index (κ3) is 4.90. The van der Waals surface area contributed by atoms with Gasteiger partial charge in [-0.15, -0.1) is 0 Å². The van der Waals surface area contributed by atoms with Crippen molar-refractivity contribution in [3.63, 3.8) is 0 Å². The van der Waals surface area contributed by atoms with Gasteiger partial charge in [0.2, 0.25) is 0 Å². The van der Waals surface area contributed by atoms with Crippen LogP contribution in [0.2, 0.25) is 0 Å². The zero-order chi connectivity index (χ0) is 18.6. The number of anilines is 1. The molecule has 132 valence electrons. The molecular weight excluding hydrogens is 322 g/mol. The van der Waals surface area contributed by atoms with Gasteiger partial charge in [-0.05, 0) is 32.9 Å².